The number of carbonyl (C=O) groups excluding carboxylic acids is 2. The maximum atomic E-state index is 11.6. The Morgan fingerprint density at radius 3 is 2.56 bits per heavy atom. The first kappa shape index (κ1) is 12.4. The first-order valence-electron chi connectivity index (χ1n) is 5.13. The van der Waals surface area contributed by atoms with Gasteiger partial charge < -0.3 is 5.32 Å². The second-order valence-electron chi connectivity index (χ2n) is 4.60. The molecule has 1 aromatic rings. The molecule has 0 aromatic carbocycles. The summed E-state index contributed by atoms with van der Waals surface area (Å²) in [6, 6.07) is 3.34. The highest BCUT2D eigenvalue weighted by molar-refractivity contribution is 5.97. The number of rotatable bonds is 3. The second kappa shape index (κ2) is 4.88. The predicted molar refractivity (Wildman–Crippen MR) is 61.0 cm³/mol. The lowest BCUT2D eigenvalue weighted by Gasteiger charge is -2.16. The molecule has 1 aromatic heterocycles. The van der Waals surface area contributed by atoms with Crippen LogP contribution in [-0.4, -0.2) is 23.2 Å². The lowest BCUT2D eigenvalue weighted by Crippen LogP contribution is -2.35. The third-order valence-corrected chi connectivity index (χ3v) is 2.17. The van der Waals surface area contributed by atoms with Crippen molar-refractivity contribution in [3.63, 3.8) is 0 Å². The predicted octanol–water partition coefficient (Wildman–Crippen LogP) is 1.43. The van der Waals surface area contributed by atoms with Gasteiger partial charge in [-0.25, -0.2) is 0 Å². The van der Waals surface area contributed by atoms with Gasteiger partial charge in [-0.15, -0.1) is 0 Å². The number of aromatic nitrogens is 1. The highest BCUT2D eigenvalue weighted by Gasteiger charge is 2.21. The van der Waals surface area contributed by atoms with Gasteiger partial charge in [0.2, 0.25) is 0 Å². The van der Waals surface area contributed by atoms with Crippen molar-refractivity contribution in [1.82, 2.24) is 10.3 Å². The summed E-state index contributed by atoms with van der Waals surface area (Å²) in [7, 11) is 0. The molecule has 0 aliphatic heterocycles. The summed E-state index contributed by atoms with van der Waals surface area (Å²) in [6.45, 7) is 5.53. The molecule has 16 heavy (non-hydrogen) atoms. The molecule has 0 saturated heterocycles. The largest absolute Gasteiger partial charge is 0.345 e. The van der Waals surface area contributed by atoms with Gasteiger partial charge in [0, 0.05) is 17.8 Å². The molecule has 1 heterocycles. The zero-order valence-corrected chi connectivity index (χ0v) is 9.78. The number of carbonyl (C=O) groups is 2. The number of Topliss-reactive ketones (excluding diaryl/α,β-unsaturated/α-hetero) is 1. The van der Waals surface area contributed by atoms with E-state index in [4.69, 9.17) is 0 Å². The third-order valence-electron chi connectivity index (χ3n) is 2.17. The van der Waals surface area contributed by atoms with Crippen molar-refractivity contribution in [3.05, 3.63) is 30.1 Å². The number of nitrogens with one attached hydrogen (secondary N) is 1. The molecule has 0 atom stereocenters. The molecular weight excluding hydrogens is 204 g/mol. The lowest BCUT2D eigenvalue weighted by molar-refractivity contribution is -0.125. The third kappa shape index (κ3) is 3.46. The Morgan fingerprint density at radius 2 is 2.06 bits per heavy atom. The Balaban J connectivity index is 2.52. The van der Waals surface area contributed by atoms with E-state index in [9.17, 15) is 9.59 Å². The van der Waals surface area contributed by atoms with Crippen molar-refractivity contribution in [3.8, 4) is 0 Å². The highest BCUT2D eigenvalue weighted by atomic mass is 16.2. The van der Waals surface area contributed by atoms with Gasteiger partial charge in [0.05, 0.1) is 12.1 Å². The van der Waals surface area contributed by atoms with Crippen molar-refractivity contribution in [2.75, 3.05) is 6.54 Å². The minimum atomic E-state index is -0.428. The van der Waals surface area contributed by atoms with Gasteiger partial charge in [-0.2, -0.15) is 0 Å². The quantitative estimate of drug-likeness (QED) is 0.838. The van der Waals surface area contributed by atoms with Crippen LogP contribution in [0, 0.1) is 5.41 Å². The minimum Gasteiger partial charge on any atom is -0.345 e. The molecule has 0 unspecified atom stereocenters. The molecule has 4 nitrogen and oxygen atoms in total. The molecule has 0 bridgehead atoms. The van der Waals surface area contributed by atoms with Gasteiger partial charge in [0.25, 0.3) is 5.91 Å². The van der Waals surface area contributed by atoms with E-state index in [0.717, 1.165) is 0 Å². The van der Waals surface area contributed by atoms with Crippen molar-refractivity contribution in [1.29, 1.82) is 0 Å². The standard InChI is InChI=1S/C12H16N2O2/c1-12(2,3)10(15)8-14-11(16)9-5-4-6-13-7-9/h4-7H,8H2,1-3H3,(H,14,16). The zero-order valence-electron chi connectivity index (χ0n) is 9.78. The van der Waals surface area contributed by atoms with Crippen LogP contribution < -0.4 is 5.32 Å². The van der Waals surface area contributed by atoms with Gasteiger partial charge in [0.15, 0.2) is 5.78 Å². The van der Waals surface area contributed by atoms with Crippen LogP contribution in [0.15, 0.2) is 24.5 Å². The Kier molecular flexibility index (Phi) is 3.77. The van der Waals surface area contributed by atoms with E-state index in [2.05, 4.69) is 10.3 Å². The van der Waals surface area contributed by atoms with E-state index in [1.165, 1.54) is 6.20 Å². The first-order valence-corrected chi connectivity index (χ1v) is 5.13. The molecule has 0 spiro atoms. The van der Waals surface area contributed by atoms with Crippen LogP contribution in [0.3, 0.4) is 0 Å². The van der Waals surface area contributed by atoms with Crippen LogP contribution >= 0.6 is 0 Å². The van der Waals surface area contributed by atoms with E-state index in [-0.39, 0.29) is 18.2 Å². The summed E-state index contributed by atoms with van der Waals surface area (Å²) in [5.74, 6) is -0.268. The molecule has 0 radical (unpaired) electrons. The van der Waals surface area contributed by atoms with E-state index < -0.39 is 5.41 Å². The number of pyridine rings is 1. The van der Waals surface area contributed by atoms with Crippen LogP contribution in [0.4, 0.5) is 0 Å². The zero-order chi connectivity index (χ0) is 12.2. The topological polar surface area (TPSA) is 59.1 Å². The van der Waals surface area contributed by atoms with Crippen molar-refractivity contribution in [2.24, 2.45) is 5.41 Å². The number of hydrogen-bond donors (Lipinski definition) is 1. The molecule has 1 N–H and O–H groups in total. The molecular formula is C12H16N2O2. The van der Waals surface area contributed by atoms with Crippen LogP contribution in [0.5, 0.6) is 0 Å². The molecule has 4 heteroatoms. The van der Waals surface area contributed by atoms with E-state index in [0.29, 0.717) is 5.56 Å². The molecule has 1 amide bonds. The highest BCUT2D eigenvalue weighted by Crippen LogP contribution is 2.13. The summed E-state index contributed by atoms with van der Waals surface area (Å²) in [5.41, 5.74) is 0.0339. The Bertz CT molecular complexity index is 380. The van der Waals surface area contributed by atoms with Crippen LogP contribution in [-0.2, 0) is 4.79 Å². The first-order chi connectivity index (χ1) is 7.41. The van der Waals surface area contributed by atoms with E-state index in [1.54, 1.807) is 18.3 Å². The molecule has 1 rings (SSSR count). The number of amides is 1. The Labute approximate surface area is 95.1 Å². The van der Waals surface area contributed by atoms with Gasteiger partial charge in [-0.1, -0.05) is 20.8 Å². The fourth-order valence-corrected chi connectivity index (χ4v) is 1.02. The van der Waals surface area contributed by atoms with Gasteiger partial charge in [0.1, 0.15) is 0 Å². The maximum absolute atomic E-state index is 11.6. The van der Waals surface area contributed by atoms with Crippen LogP contribution in [0.25, 0.3) is 0 Å². The average molecular weight is 220 g/mol. The van der Waals surface area contributed by atoms with Gasteiger partial charge in [-0.3, -0.25) is 14.6 Å². The fourth-order valence-electron chi connectivity index (χ4n) is 1.02. The van der Waals surface area contributed by atoms with E-state index >= 15 is 0 Å². The SMILES string of the molecule is CC(C)(C)C(=O)CNC(=O)c1cccnc1. The average Bonchev–Trinajstić information content (AvgIpc) is 2.25. The fraction of sp³-hybridized carbons (Fsp3) is 0.417. The molecule has 0 saturated carbocycles. The molecule has 0 aliphatic rings. The number of ketones is 1. The van der Waals surface area contributed by atoms with E-state index in [1.807, 2.05) is 20.8 Å². The summed E-state index contributed by atoms with van der Waals surface area (Å²) in [5, 5.41) is 2.58. The van der Waals surface area contributed by atoms with Crippen molar-refractivity contribution >= 4 is 11.7 Å². The summed E-state index contributed by atoms with van der Waals surface area (Å²) >= 11 is 0. The monoisotopic (exact) mass is 220 g/mol. The normalized spacial score (nSPS) is 10.9. The Hall–Kier alpha value is -1.71. The Morgan fingerprint density at radius 1 is 1.38 bits per heavy atom. The minimum absolute atomic E-state index is 0.00439. The van der Waals surface area contributed by atoms with Crippen LogP contribution in [0.2, 0.25) is 0 Å². The summed E-state index contributed by atoms with van der Waals surface area (Å²) in [4.78, 5) is 27.0. The van der Waals surface area contributed by atoms with Crippen molar-refractivity contribution < 1.29 is 9.59 Å². The smallest absolute Gasteiger partial charge is 0.253 e. The lowest BCUT2D eigenvalue weighted by atomic mass is 9.91. The van der Waals surface area contributed by atoms with Crippen LogP contribution in [0.1, 0.15) is 31.1 Å². The summed E-state index contributed by atoms with van der Waals surface area (Å²) in [6.07, 6.45) is 3.06. The van der Waals surface area contributed by atoms with Gasteiger partial charge in [-0.05, 0) is 12.1 Å². The number of nitrogens with zero attached hydrogens (tertiary/aromatic N) is 1. The second-order valence-corrected chi connectivity index (χ2v) is 4.60. The molecule has 0 aliphatic carbocycles. The van der Waals surface area contributed by atoms with Crippen molar-refractivity contribution in [2.45, 2.75) is 20.8 Å². The van der Waals surface area contributed by atoms with Gasteiger partial charge >= 0.3 is 0 Å². The summed E-state index contributed by atoms with van der Waals surface area (Å²) < 4.78 is 0. The maximum Gasteiger partial charge on any atom is 0.253 e. The molecule has 0 fully saturated rings. The molecule has 86 valence electrons. The number of hydrogen-bond acceptors (Lipinski definition) is 3.